The number of carbonyl (C=O) groups excluding carboxylic acids is 1. The van der Waals surface area contributed by atoms with E-state index in [1.165, 1.54) is 4.88 Å². The van der Waals surface area contributed by atoms with Crippen molar-refractivity contribution in [2.24, 2.45) is 0 Å². The van der Waals surface area contributed by atoms with Gasteiger partial charge in [-0.25, -0.2) is 4.98 Å². The largest absolute Gasteiger partial charge is 0.496 e. The molecule has 2 heterocycles. The van der Waals surface area contributed by atoms with Crippen molar-refractivity contribution in [3.63, 3.8) is 0 Å². The number of nitrogens with zero attached hydrogens (tertiary/aromatic N) is 2. The van der Waals surface area contributed by atoms with Crippen LogP contribution in [0.3, 0.4) is 0 Å². The molecule has 0 atom stereocenters. The molecule has 2 aromatic heterocycles. The number of fused-ring (bicyclic) bond motifs is 1. The van der Waals surface area contributed by atoms with Crippen LogP contribution in [0, 0.1) is 6.92 Å². The minimum Gasteiger partial charge on any atom is -0.496 e. The van der Waals surface area contributed by atoms with Crippen molar-refractivity contribution in [3.05, 3.63) is 52.3 Å². The molecule has 0 aliphatic rings. The van der Waals surface area contributed by atoms with Gasteiger partial charge in [-0.05, 0) is 18.6 Å². The summed E-state index contributed by atoms with van der Waals surface area (Å²) >= 11 is 1.61. The summed E-state index contributed by atoms with van der Waals surface area (Å²) in [5, 5.41) is 0. The van der Waals surface area contributed by atoms with Crippen LogP contribution in [0.25, 0.3) is 4.96 Å². The zero-order chi connectivity index (χ0) is 14.1. The van der Waals surface area contributed by atoms with Gasteiger partial charge in [-0.2, -0.15) is 0 Å². The van der Waals surface area contributed by atoms with Gasteiger partial charge in [0.2, 0.25) is 0 Å². The lowest BCUT2D eigenvalue weighted by Gasteiger charge is -2.07. The van der Waals surface area contributed by atoms with Crippen LogP contribution in [0.5, 0.6) is 5.75 Å². The zero-order valence-electron chi connectivity index (χ0n) is 11.3. The van der Waals surface area contributed by atoms with Crippen LogP contribution in [0.2, 0.25) is 0 Å². The van der Waals surface area contributed by atoms with Crippen molar-refractivity contribution >= 4 is 22.6 Å². The molecule has 20 heavy (non-hydrogen) atoms. The average molecular weight is 286 g/mol. The summed E-state index contributed by atoms with van der Waals surface area (Å²) in [6, 6.07) is 7.98. The van der Waals surface area contributed by atoms with Crippen LogP contribution < -0.4 is 4.74 Å². The van der Waals surface area contributed by atoms with Gasteiger partial charge in [0.1, 0.15) is 11.4 Å². The highest BCUT2D eigenvalue weighted by Gasteiger charge is 2.14. The highest BCUT2D eigenvalue weighted by Crippen LogP contribution is 2.28. The van der Waals surface area contributed by atoms with E-state index in [0.717, 1.165) is 34.7 Å². The van der Waals surface area contributed by atoms with Crippen LogP contribution in [0.4, 0.5) is 0 Å². The van der Waals surface area contributed by atoms with Crippen LogP contribution in [0.15, 0.2) is 30.5 Å². The monoisotopic (exact) mass is 286 g/mol. The van der Waals surface area contributed by atoms with Crippen LogP contribution in [-0.2, 0) is 6.42 Å². The Morgan fingerprint density at radius 1 is 1.40 bits per heavy atom. The number of methoxy groups -OCH3 is 1. The lowest BCUT2D eigenvalue weighted by atomic mass is 10.1. The zero-order valence-corrected chi connectivity index (χ0v) is 12.1. The van der Waals surface area contributed by atoms with E-state index in [2.05, 4.69) is 11.1 Å². The van der Waals surface area contributed by atoms with Gasteiger partial charge in [0.25, 0.3) is 0 Å². The molecule has 3 rings (SSSR count). The van der Waals surface area contributed by atoms with Gasteiger partial charge in [-0.3, -0.25) is 9.20 Å². The predicted octanol–water partition coefficient (Wildman–Crippen LogP) is 3.12. The molecule has 0 spiro atoms. The number of ether oxygens (including phenoxy) is 1. The molecule has 0 radical (unpaired) electrons. The lowest BCUT2D eigenvalue weighted by Crippen LogP contribution is -1.96. The molecule has 0 amide bonds. The standard InChI is InChI=1S/C15H14N2O2S/c1-10-14(7-11-5-3-4-6-13(11)19-2)20-15-16-8-12(9-18)17(10)15/h3-6,8-9H,7H2,1-2H3. The van der Waals surface area contributed by atoms with Gasteiger partial charge >= 0.3 is 0 Å². The molecule has 3 aromatic rings. The number of aromatic nitrogens is 2. The molecule has 0 saturated heterocycles. The fourth-order valence-electron chi connectivity index (χ4n) is 2.33. The minimum absolute atomic E-state index is 0.597. The maximum Gasteiger partial charge on any atom is 0.194 e. The van der Waals surface area contributed by atoms with Gasteiger partial charge in [0, 0.05) is 17.0 Å². The number of aldehydes is 1. The van der Waals surface area contributed by atoms with E-state index in [9.17, 15) is 4.79 Å². The highest BCUT2D eigenvalue weighted by molar-refractivity contribution is 7.17. The maximum absolute atomic E-state index is 11.0. The van der Waals surface area contributed by atoms with Crippen molar-refractivity contribution in [3.8, 4) is 5.75 Å². The summed E-state index contributed by atoms with van der Waals surface area (Å²) in [6.07, 6.45) is 3.23. The highest BCUT2D eigenvalue weighted by atomic mass is 32.1. The molecule has 4 nitrogen and oxygen atoms in total. The van der Waals surface area contributed by atoms with E-state index in [1.54, 1.807) is 24.6 Å². The van der Waals surface area contributed by atoms with Crippen LogP contribution in [-0.4, -0.2) is 22.8 Å². The summed E-state index contributed by atoms with van der Waals surface area (Å²) in [4.78, 5) is 17.4. The number of imidazole rings is 1. The number of hydrogen-bond donors (Lipinski definition) is 0. The van der Waals surface area contributed by atoms with E-state index in [1.807, 2.05) is 29.5 Å². The Morgan fingerprint density at radius 2 is 2.20 bits per heavy atom. The minimum atomic E-state index is 0.597. The molecule has 0 aliphatic heterocycles. The number of hydrogen-bond acceptors (Lipinski definition) is 4. The summed E-state index contributed by atoms with van der Waals surface area (Å²) in [5.41, 5.74) is 2.80. The molecule has 0 fully saturated rings. The second kappa shape index (κ2) is 5.09. The van der Waals surface area contributed by atoms with Crippen LogP contribution >= 0.6 is 11.3 Å². The van der Waals surface area contributed by atoms with Crippen molar-refractivity contribution < 1.29 is 9.53 Å². The van der Waals surface area contributed by atoms with Gasteiger partial charge in [0.15, 0.2) is 11.2 Å². The third-order valence-corrected chi connectivity index (χ3v) is 4.53. The normalized spacial score (nSPS) is 10.9. The molecule has 0 saturated carbocycles. The molecule has 0 aliphatic carbocycles. The summed E-state index contributed by atoms with van der Waals surface area (Å²) in [5.74, 6) is 0.883. The van der Waals surface area contributed by atoms with Gasteiger partial charge in [-0.1, -0.05) is 18.2 Å². The molecular weight excluding hydrogens is 272 g/mol. The smallest absolute Gasteiger partial charge is 0.194 e. The van der Waals surface area contributed by atoms with Gasteiger partial charge in [0.05, 0.1) is 13.3 Å². The molecule has 0 unspecified atom stereocenters. The fraction of sp³-hybridized carbons (Fsp3) is 0.200. The van der Waals surface area contributed by atoms with E-state index >= 15 is 0 Å². The topological polar surface area (TPSA) is 43.6 Å². The van der Waals surface area contributed by atoms with E-state index in [-0.39, 0.29) is 0 Å². The fourth-order valence-corrected chi connectivity index (χ4v) is 3.46. The third kappa shape index (κ3) is 2.00. The molecular formula is C15H14N2O2S. The number of rotatable bonds is 4. The Hall–Kier alpha value is -2.14. The van der Waals surface area contributed by atoms with Crippen molar-refractivity contribution in [1.29, 1.82) is 0 Å². The Morgan fingerprint density at radius 3 is 2.95 bits per heavy atom. The summed E-state index contributed by atoms with van der Waals surface area (Å²) < 4.78 is 7.29. The second-order valence-corrected chi connectivity index (χ2v) is 5.58. The molecule has 0 N–H and O–H groups in total. The number of aryl methyl sites for hydroxylation is 1. The SMILES string of the molecule is COc1ccccc1Cc1sc2ncc(C=O)n2c1C. The quantitative estimate of drug-likeness (QED) is 0.692. The van der Waals surface area contributed by atoms with E-state index < -0.39 is 0 Å². The van der Waals surface area contributed by atoms with Crippen LogP contribution in [0.1, 0.15) is 26.6 Å². The van der Waals surface area contributed by atoms with Crippen molar-refractivity contribution in [1.82, 2.24) is 9.38 Å². The van der Waals surface area contributed by atoms with Crippen molar-refractivity contribution in [2.45, 2.75) is 13.3 Å². The molecule has 0 bridgehead atoms. The Bertz CT molecular complexity index is 773. The van der Waals surface area contributed by atoms with Gasteiger partial charge in [-0.15, -0.1) is 11.3 Å². The number of para-hydroxylation sites is 1. The second-order valence-electron chi connectivity index (χ2n) is 4.52. The first kappa shape index (κ1) is 12.9. The number of carbonyl (C=O) groups is 1. The van der Waals surface area contributed by atoms with E-state index in [0.29, 0.717) is 5.69 Å². The first-order valence-electron chi connectivity index (χ1n) is 6.27. The number of benzene rings is 1. The number of thiazole rings is 1. The van der Waals surface area contributed by atoms with E-state index in [4.69, 9.17) is 4.74 Å². The maximum atomic E-state index is 11.0. The molecule has 1 aromatic carbocycles. The Balaban J connectivity index is 2.05. The van der Waals surface area contributed by atoms with Crippen molar-refractivity contribution in [2.75, 3.05) is 7.11 Å². The lowest BCUT2D eigenvalue weighted by molar-refractivity contribution is 0.111. The summed E-state index contributed by atoms with van der Waals surface area (Å²) in [6.45, 7) is 2.02. The average Bonchev–Trinajstić information content (AvgIpc) is 3.01. The molecule has 5 heteroatoms. The Labute approximate surface area is 120 Å². The molecule has 102 valence electrons. The third-order valence-electron chi connectivity index (χ3n) is 3.37. The predicted molar refractivity (Wildman–Crippen MR) is 79.0 cm³/mol. The first-order chi connectivity index (χ1) is 9.74. The first-order valence-corrected chi connectivity index (χ1v) is 7.09. The Kier molecular flexibility index (Phi) is 3.28. The summed E-state index contributed by atoms with van der Waals surface area (Å²) in [7, 11) is 1.68. The van der Waals surface area contributed by atoms with Gasteiger partial charge < -0.3 is 4.74 Å².